The van der Waals surface area contributed by atoms with Crippen LogP contribution in [0.25, 0.3) is 15.9 Å². The molecule has 2 aromatic heterocycles. The second-order valence-corrected chi connectivity index (χ2v) is 7.54. The van der Waals surface area contributed by atoms with Crippen molar-refractivity contribution in [2.75, 3.05) is 6.54 Å². The van der Waals surface area contributed by atoms with Gasteiger partial charge in [-0.2, -0.15) is 0 Å². The molecular formula is C19H16N6OS. The van der Waals surface area contributed by atoms with Gasteiger partial charge in [-0.25, -0.2) is 9.67 Å². The van der Waals surface area contributed by atoms with Crippen molar-refractivity contribution in [3.63, 3.8) is 0 Å². The summed E-state index contributed by atoms with van der Waals surface area (Å²) in [5, 5.41) is 12.2. The van der Waals surface area contributed by atoms with Gasteiger partial charge in [-0.3, -0.25) is 4.79 Å². The number of carbonyl (C=O) groups is 1. The fraction of sp³-hybridized carbons (Fsp3) is 0.211. The van der Waals surface area contributed by atoms with Crippen LogP contribution >= 0.6 is 11.3 Å². The quantitative estimate of drug-likeness (QED) is 0.549. The molecule has 0 saturated carbocycles. The van der Waals surface area contributed by atoms with E-state index in [9.17, 15) is 4.79 Å². The Morgan fingerprint density at radius 2 is 2.07 bits per heavy atom. The fourth-order valence-corrected chi connectivity index (χ4v) is 4.64. The molecular weight excluding hydrogens is 360 g/mol. The van der Waals surface area contributed by atoms with Gasteiger partial charge in [0.15, 0.2) is 0 Å². The minimum absolute atomic E-state index is 0.0201. The molecule has 1 aliphatic rings. The standard InChI is InChI=1S/C19H16N6OS/c26-19(13-5-3-6-14(11-13)25-12-20-22-23-25)24-10-4-8-16(24)18-21-15-7-1-2-9-17(15)27-18/h1-3,5-7,9,11-12,16H,4,8,10H2. The van der Waals surface area contributed by atoms with E-state index in [4.69, 9.17) is 4.98 Å². The lowest BCUT2D eigenvalue weighted by atomic mass is 10.1. The number of tetrazole rings is 1. The normalized spacial score (nSPS) is 16.9. The first-order valence-corrected chi connectivity index (χ1v) is 9.61. The number of hydrogen-bond acceptors (Lipinski definition) is 6. The number of rotatable bonds is 3. The second-order valence-electron chi connectivity index (χ2n) is 6.48. The zero-order valence-corrected chi connectivity index (χ0v) is 15.2. The lowest BCUT2D eigenvalue weighted by Gasteiger charge is -2.23. The molecule has 1 saturated heterocycles. The van der Waals surface area contributed by atoms with Crippen LogP contribution in [0.2, 0.25) is 0 Å². The number of aromatic nitrogens is 5. The van der Waals surface area contributed by atoms with Crippen LogP contribution in [0.1, 0.15) is 34.2 Å². The predicted molar refractivity (Wildman–Crippen MR) is 102 cm³/mol. The van der Waals surface area contributed by atoms with Crippen LogP contribution in [0.15, 0.2) is 54.9 Å². The largest absolute Gasteiger partial charge is 0.329 e. The van der Waals surface area contributed by atoms with E-state index >= 15 is 0 Å². The zero-order chi connectivity index (χ0) is 18.2. The summed E-state index contributed by atoms with van der Waals surface area (Å²) in [6.45, 7) is 0.745. The minimum atomic E-state index is 0.0201. The van der Waals surface area contributed by atoms with Crippen molar-refractivity contribution in [1.29, 1.82) is 0 Å². The van der Waals surface area contributed by atoms with E-state index in [1.54, 1.807) is 16.0 Å². The van der Waals surface area contributed by atoms with Gasteiger partial charge in [-0.15, -0.1) is 16.4 Å². The van der Waals surface area contributed by atoms with Gasteiger partial charge in [-0.05, 0) is 53.6 Å². The van der Waals surface area contributed by atoms with E-state index in [2.05, 4.69) is 21.6 Å². The van der Waals surface area contributed by atoms with Gasteiger partial charge >= 0.3 is 0 Å². The van der Waals surface area contributed by atoms with Crippen molar-refractivity contribution < 1.29 is 4.79 Å². The van der Waals surface area contributed by atoms with Crippen molar-refractivity contribution in [3.05, 3.63) is 65.4 Å². The maximum absolute atomic E-state index is 13.2. The van der Waals surface area contributed by atoms with Crippen molar-refractivity contribution in [2.45, 2.75) is 18.9 Å². The summed E-state index contributed by atoms with van der Waals surface area (Å²) in [6.07, 6.45) is 3.45. The minimum Gasteiger partial charge on any atom is -0.329 e. The smallest absolute Gasteiger partial charge is 0.254 e. The van der Waals surface area contributed by atoms with Gasteiger partial charge in [0.2, 0.25) is 0 Å². The molecule has 0 bridgehead atoms. The van der Waals surface area contributed by atoms with E-state index in [-0.39, 0.29) is 11.9 Å². The lowest BCUT2D eigenvalue weighted by Crippen LogP contribution is -2.30. The van der Waals surface area contributed by atoms with E-state index in [0.29, 0.717) is 5.56 Å². The zero-order valence-electron chi connectivity index (χ0n) is 14.4. The highest BCUT2D eigenvalue weighted by atomic mass is 32.1. The third kappa shape index (κ3) is 2.87. The molecule has 8 heteroatoms. The van der Waals surface area contributed by atoms with Crippen molar-refractivity contribution >= 4 is 27.5 Å². The molecule has 27 heavy (non-hydrogen) atoms. The van der Waals surface area contributed by atoms with Crippen LogP contribution in [0.4, 0.5) is 0 Å². The second kappa shape index (κ2) is 6.55. The van der Waals surface area contributed by atoms with Crippen molar-refractivity contribution in [3.8, 4) is 5.69 Å². The Kier molecular flexibility index (Phi) is 3.90. The first-order valence-electron chi connectivity index (χ1n) is 8.79. The molecule has 5 rings (SSSR count). The van der Waals surface area contributed by atoms with E-state index in [1.165, 1.54) is 6.33 Å². The Labute approximate surface area is 159 Å². The number of amides is 1. The van der Waals surface area contributed by atoms with Crippen molar-refractivity contribution in [2.24, 2.45) is 0 Å². The van der Waals surface area contributed by atoms with Crippen LogP contribution in [0.3, 0.4) is 0 Å². The fourth-order valence-electron chi connectivity index (χ4n) is 3.53. The summed E-state index contributed by atoms with van der Waals surface area (Å²) in [7, 11) is 0. The average Bonchev–Trinajstić information content (AvgIpc) is 3.47. The summed E-state index contributed by atoms with van der Waals surface area (Å²) < 4.78 is 2.71. The first kappa shape index (κ1) is 16.1. The summed E-state index contributed by atoms with van der Waals surface area (Å²) in [6, 6.07) is 15.5. The topological polar surface area (TPSA) is 76.8 Å². The third-order valence-corrected chi connectivity index (χ3v) is 5.95. The Morgan fingerprint density at radius 3 is 2.93 bits per heavy atom. The molecule has 0 spiro atoms. The van der Waals surface area contributed by atoms with Gasteiger partial charge in [-0.1, -0.05) is 18.2 Å². The number of likely N-dealkylation sites (tertiary alicyclic amines) is 1. The molecule has 4 aromatic rings. The van der Waals surface area contributed by atoms with Crippen molar-refractivity contribution in [1.82, 2.24) is 30.1 Å². The number of thiazole rings is 1. The number of benzene rings is 2. The molecule has 134 valence electrons. The number of fused-ring (bicyclic) bond motifs is 1. The number of carbonyl (C=O) groups excluding carboxylic acids is 1. The maximum Gasteiger partial charge on any atom is 0.254 e. The SMILES string of the molecule is O=C(c1cccc(-n2cnnn2)c1)N1CCCC1c1nc2ccccc2s1. The molecule has 7 nitrogen and oxygen atoms in total. The number of para-hydroxylation sites is 1. The Hall–Kier alpha value is -3.13. The van der Waals surface area contributed by atoms with Gasteiger partial charge in [0.05, 0.1) is 21.9 Å². The van der Waals surface area contributed by atoms with Gasteiger partial charge in [0, 0.05) is 12.1 Å². The lowest BCUT2D eigenvalue weighted by molar-refractivity contribution is 0.0735. The Bertz CT molecular complexity index is 1070. The third-order valence-electron chi connectivity index (χ3n) is 4.82. The van der Waals surface area contributed by atoms with Crippen LogP contribution in [0, 0.1) is 0 Å². The molecule has 3 heterocycles. The molecule has 1 aliphatic heterocycles. The summed E-state index contributed by atoms with van der Waals surface area (Å²) in [5.41, 5.74) is 2.40. The van der Waals surface area contributed by atoms with E-state index in [1.807, 2.05) is 47.4 Å². The number of hydrogen-bond donors (Lipinski definition) is 0. The molecule has 1 atom stereocenters. The molecule has 0 aliphatic carbocycles. The summed E-state index contributed by atoms with van der Waals surface area (Å²) >= 11 is 1.68. The van der Waals surface area contributed by atoms with Gasteiger partial charge < -0.3 is 4.90 Å². The first-order chi connectivity index (χ1) is 13.3. The predicted octanol–water partition coefficient (Wildman–Crippen LogP) is 3.25. The monoisotopic (exact) mass is 376 g/mol. The summed E-state index contributed by atoms with van der Waals surface area (Å²) in [4.78, 5) is 19.9. The Morgan fingerprint density at radius 1 is 1.15 bits per heavy atom. The summed E-state index contributed by atoms with van der Waals surface area (Å²) in [5.74, 6) is 0.0201. The highest BCUT2D eigenvalue weighted by molar-refractivity contribution is 7.18. The van der Waals surface area contributed by atoms with Crippen LogP contribution in [0.5, 0.6) is 0 Å². The molecule has 2 aromatic carbocycles. The van der Waals surface area contributed by atoms with E-state index in [0.717, 1.165) is 40.3 Å². The molecule has 0 radical (unpaired) electrons. The maximum atomic E-state index is 13.2. The number of nitrogens with zero attached hydrogens (tertiary/aromatic N) is 6. The van der Waals surface area contributed by atoms with Crippen LogP contribution in [-0.2, 0) is 0 Å². The highest BCUT2D eigenvalue weighted by Gasteiger charge is 2.32. The van der Waals surface area contributed by atoms with Crippen LogP contribution in [-0.4, -0.2) is 42.5 Å². The van der Waals surface area contributed by atoms with Crippen LogP contribution < -0.4 is 0 Å². The van der Waals surface area contributed by atoms with Gasteiger partial charge in [0.25, 0.3) is 5.91 Å². The Balaban J connectivity index is 1.46. The average molecular weight is 376 g/mol. The van der Waals surface area contributed by atoms with Gasteiger partial charge in [0.1, 0.15) is 11.3 Å². The molecule has 1 fully saturated rings. The highest BCUT2D eigenvalue weighted by Crippen LogP contribution is 2.37. The molecule has 1 amide bonds. The molecule has 0 N–H and O–H groups in total. The molecule has 1 unspecified atom stereocenters. The van der Waals surface area contributed by atoms with E-state index < -0.39 is 0 Å².